The van der Waals surface area contributed by atoms with Crippen molar-refractivity contribution in [3.63, 3.8) is 0 Å². The maximum atomic E-state index is 13.3. The fraction of sp³-hybridized carbons (Fsp3) is 0.783. The fourth-order valence-corrected chi connectivity index (χ4v) is 6.91. The van der Waals surface area contributed by atoms with Gasteiger partial charge < -0.3 is 20.5 Å². The van der Waals surface area contributed by atoms with E-state index in [1.54, 1.807) is 6.20 Å². The van der Waals surface area contributed by atoms with Gasteiger partial charge in [0.2, 0.25) is 5.95 Å². The molecule has 5 saturated carbocycles. The number of anilines is 1. The maximum absolute atomic E-state index is 13.3. The van der Waals surface area contributed by atoms with Gasteiger partial charge in [-0.3, -0.25) is 4.79 Å². The van der Waals surface area contributed by atoms with Crippen LogP contribution in [0.2, 0.25) is 0 Å². The van der Waals surface area contributed by atoms with Gasteiger partial charge >= 0.3 is 0 Å². The van der Waals surface area contributed by atoms with Crippen LogP contribution in [0.4, 0.5) is 5.95 Å². The van der Waals surface area contributed by atoms with Gasteiger partial charge in [-0.1, -0.05) is 6.42 Å². The van der Waals surface area contributed by atoms with Gasteiger partial charge in [-0.15, -0.1) is 0 Å². The van der Waals surface area contributed by atoms with Crippen LogP contribution in [0.1, 0.15) is 79.8 Å². The largest absolute Gasteiger partial charge is 0.390 e. The Labute approximate surface area is 177 Å². The summed E-state index contributed by atoms with van der Waals surface area (Å²) in [5.41, 5.74) is 1.06. The highest BCUT2D eigenvalue weighted by molar-refractivity contribution is 5.95. The minimum absolute atomic E-state index is 0.0305. The lowest BCUT2D eigenvalue weighted by Gasteiger charge is -2.58. The van der Waals surface area contributed by atoms with Crippen LogP contribution in [0.25, 0.3) is 0 Å². The average Bonchev–Trinajstić information content (AvgIpc) is 3.15. The van der Waals surface area contributed by atoms with Crippen LogP contribution < -0.4 is 10.6 Å². The van der Waals surface area contributed by atoms with E-state index >= 15 is 0 Å². The molecule has 4 bridgehead atoms. The van der Waals surface area contributed by atoms with E-state index in [1.807, 2.05) is 0 Å². The predicted molar refractivity (Wildman–Crippen MR) is 111 cm³/mol. The van der Waals surface area contributed by atoms with E-state index in [4.69, 9.17) is 9.72 Å². The minimum Gasteiger partial charge on any atom is -0.390 e. The zero-order chi connectivity index (χ0) is 20.3. The van der Waals surface area contributed by atoms with Crippen LogP contribution in [0, 0.1) is 17.8 Å². The third-order valence-corrected chi connectivity index (χ3v) is 8.36. The van der Waals surface area contributed by atoms with Crippen molar-refractivity contribution >= 4 is 11.9 Å². The molecule has 6 atom stereocenters. The highest BCUT2D eigenvalue weighted by atomic mass is 16.5. The summed E-state index contributed by atoms with van der Waals surface area (Å²) in [6, 6.07) is 0.426. The van der Waals surface area contributed by atoms with Crippen molar-refractivity contribution in [1.29, 1.82) is 0 Å². The Kier molecular flexibility index (Phi) is 4.53. The smallest absolute Gasteiger partial charge is 0.254 e. The standard InChI is InChI=1S/C23H32N4O3/c28-21(26-19-15-6-13-7-16(19)10-23(29,8-13)9-15)18-11-24-22(25-17-4-5-30-12-17)27-20(18)14-2-1-3-14/h11,13-17,19,29H,1-10,12H2,(H,26,28)(H,24,25,27)/t13?,15-,16+,17-,19?,23?/m1/s1. The monoisotopic (exact) mass is 412 g/mol. The second-order valence-corrected chi connectivity index (χ2v) is 10.5. The molecule has 7 heteroatoms. The summed E-state index contributed by atoms with van der Waals surface area (Å²) >= 11 is 0. The highest BCUT2D eigenvalue weighted by Crippen LogP contribution is 2.55. The second-order valence-electron chi connectivity index (χ2n) is 10.5. The third kappa shape index (κ3) is 3.30. The van der Waals surface area contributed by atoms with Crippen molar-refractivity contribution < 1.29 is 14.6 Å². The lowest BCUT2D eigenvalue weighted by atomic mass is 9.52. The first-order valence-corrected chi connectivity index (χ1v) is 11.8. The van der Waals surface area contributed by atoms with Gasteiger partial charge in [0, 0.05) is 24.8 Å². The van der Waals surface area contributed by atoms with Crippen LogP contribution in [0.5, 0.6) is 0 Å². The Hall–Kier alpha value is -1.73. The number of nitrogens with zero attached hydrogens (tertiary/aromatic N) is 2. The average molecular weight is 413 g/mol. The third-order valence-electron chi connectivity index (χ3n) is 8.36. The molecule has 7 rings (SSSR count). The summed E-state index contributed by atoms with van der Waals surface area (Å²) in [5.74, 6) is 2.38. The number of amides is 1. The van der Waals surface area contributed by atoms with Crippen molar-refractivity contribution in [3.8, 4) is 0 Å². The lowest BCUT2D eigenvalue weighted by Crippen LogP contribution is -2.61. The SMILES string of the molecule is O=C(NC1[C@@H]2CC3C[C@H]1CC(O)(C3)C2)c1cnc(N[C@@H]2CCOC2)nc1C1CCC1. The van der Waals surface area contributed by atoms with Crippen LogP contribution >= 0.6 is 0 Å². The van der Waals surface area contributed by atoms with Gasteiger partial charge in [0.1, 0.15) is 0 Å². The zero-order valence-corrected chi connectivity index (χ0v) is 17.5. The number of aliphatic hydroxyl groups is 1. The van der Waals surface area contributed by atoms with Crippen LogP contribution in [-0.4, -0.2) is 51.9 Å². The predicted octanol–water partition coefficient (Wildman–Crippen LogP) is 2.61. The van der Waals surface area contributed by atoms with Crippen LogP contribution in [-0.2, 0) is 4.74 Å². The van der Waals surface area contributed by atoms with Gasteiger partial charge in [0.15, 0.2) is 0 Å². The summed E-state index contributed by atoms with van der Waals surface area (Å²) < 4.78 is 5.44. The molecule has 0 aromatic carbocycles. The van der Waals surface area contributed by atoms with Gasteiger partial charge in [-0.25, -0.2) is 9.97 Å². The van der Waals surface area contributed by atoms with Crippen molar-refractivity contribution in [2.45, 2.75) is 81.4 Å². The highest BCUT2D eigenvalue weighted by Gasteiger charge is 2.55. The Bertz CT molecular complexity index is 820. The molecule has 1 aromatic heterocycles. The van der Waals surface area contributed by atoms with Crippen molar-refractivity contribution in [1.82, 2.24) is 15.3 Å². The van der Waals surface area contributed by atoms with E-state index in [-0.39, 0.29) is 18.0 Å². The molecule has 30 heavy (non-hydrogen) atoms. The normalized spacial score (nSPS) is 39.7. The summed E-state index contributed by atoms with van der Waals surface area (Å²) in [6.45, 7) is 1.45. The number of ether oxygens (including phenoxy) is 1. The maximum Gasteiger partial charge on any atom is 0.254 e. The Morgan fingerprint density at radius 1 is 1.17 bits per heavy atom. The topological polar surface area (TPSA) is 96.4 Å². The molecule has 5 aliphatic carbocycles. The quantitative estimate of drug-likeness (QED) is 0.688. The molecule has 7 nitrogen and oxygen atoms in total. The number of nitrogens with one attached hydrogen (secondary N) is 2. The zero-order valence-electron chi connectivity index (χ0n) is 17.5. The van der Waals surface area contributed by atoms with Gasteiger partial charge in [-0.05, 0) is 69.1 Å². The number of rotatable bonds is 5. The van der Waals surface area contributed by atoms with E-state index < -0.39 is 5.60 Å². The molecular weight excluding hydrogens is 380 g/mol. The molecule has 6 aliphatic rings. The lowest BCUT2D eigenvalue weighted by molar-refractivity contribution is -0.136. The molecule has 0 spiro atoms. The summed E-state index contributed by atoms with van der Waals surface area (Å²) in [6.07, 6.45) is 11.0. The number of aromatic nitrogens is 2. The molecule has 1 saturated heterocycles. The first-order chi connectivity index (χ1) is 14.6. The molecule has 3 unspecified atom stereocenters. The molecule has 6 fully saturated rings. The van der Waals surface area contributed by atoms with E-state index in [0.717, 1.165) is 63.7 Å². The van der Waals surface area contributed by atoms with Gasteiger partial charge in [0.05, 0.1) is 29.5 Å². The summed E-state index contributed by atoms with van der Waals surface area (Å²) in [5, 5.41) is 17.6. The molecule has 1 amide bonds. The van der Waals surface area contributed by atoms with Crippen LogP contribution in [0.15, 0.2) is 6.20 Å². The van der Waals surface area contributed by atoms with Crippen LogP contribution in [0.3, 0.4) is 0 Å². The van der Waals surface area contributed by atoms with Crippen molar-refractivity contribution in [2.24, 2.45) is 17.8 Å². The molecule has 0 radical (unpaired) electrons. The van der Waals surface area contributed by atoms with E-state index in [0.29, 0.717) is 41.8 Å². The Morgan fingerprint density at radius 2 is 1.97 bits per heavy atom. The van der Waals surface area contributed by atoms with Crippen molar-refractivity contribution in [2.75, 3.05) is 18.5 Å². The molecule has 3 N–H and O–H groups in total. The van der Waals surface area contributed by atoms with E-state index in [2.05, 4.69) is 15.6 Å². The first-order valence-electron chi connectivity index (χ1n) is 11.8. The Balaban J connectivity index is 1.21. The molecule has 2 heterocycles. The number of hydrogen-bond donors (Lipinski definition) is 3. The minimum atomic E-state index is -0.477. The first kappa shape index (κ1) is 19.0. The molecule has 1 aromatic rings. The summed E-state index contributed by atoms with van der Waals surface area (Å²) in [4.78, 5) is 22.6. The molecule has 162 valence electrons. The van der Waals surface area contributed by atoms with E-state index in [9.17, 15) is 9.90 Å². The number of carbonyl (C=O) groups excluding carboxylic acids is 1. The molecule has 1 aliphatic heterocycles. The van der Waals surface area contributed by atoms with E-state index in [1.165, 1.54) is 6.42 Å². The number of carbonyl (C=O) groups is 1. The fourth-order valence-electron chi connectivity index (χ4n) is 6.91. The molecular formula is C23H32N4O3. The summed E-state index contributed by atoms with van der Waals surface area (Å²) in [7, 11) is 0. The number of hydrogen-bond acceptors (Lipinski definition) is 6. The van der Waals surface area contributed by atoms with Gasteiger partial charge in [0.25, 0.3) is 5.91 Å². The van der Waals surface area contributed by atoms with Crippen molar-refractivity contribution in [3.05, 3.63) is 17.5 Å². The Morgan fingerprint density at radius 3 is 2.60 bits per heavy atom. The van der Waals surface area contributed by atoms with Gasteiger partial charge in [-0.2, -0.15) is 0 Å². The second kappa shape index (κ2) is 7.16.